The number of carboxylic acid groups (broad SMARTS) is 1. The number of rotatable bonds is 14. The second-order valence-corrected chi connectivity index (χ2v) is 7.53. The van der Waals surface area contributed by atoms with Crippen molar-refractivity contribution in [1.29, 1.82) is 0 Å². The molecular weight excluding hydrogens is 328 g/mol. The average Bonchev–Trinajstić information content (AvgIpc) is 2.65. The molecule has 0 heterocycles. The molecule has 150 valence electrons. The van der Waals surface area contributed by atoms with Crippen LogP contribution in [0.25, 0.3) is 0 Å². The summed E-state index contributed by atoms with van der Waals surface area (Å²) >= 11 is 0. The summed E-state index contributed by atoms with van der Waals surface area (Å²) in [5.41, 5.74) is 0. The van der Waals surface area contributed by atoms with E-state index in [9.17, 15) is 14.7 Å². The molecule has 4 heteroatoms. The van der Waals surface area contributed by atoms with E-state index in [0.29, 0.717) is 19.4 Å². The number of carbonyl (C=O) groups is 2. The molecule has 0 aliphatic heterocycles. The summed E-state index contributed by atoms with van der Waals surface area (Å²) < 4.78 is 5.33. The summed E-state index contributed by atoms with van der Waals surface area (Å²) in [7, 11) is 0. The maximum Gasteiger partial charge on any atom is 0.309 e. The minimum atomic E-state index is -0.858. The van der Waals surface area contributed by atoms with Crippen molar-refractivity contribution >= 4 is 11.9 Å². The lowest BCUT2D eigenvalue weighted by Crippen LogP contribution is -2.33. The van der Waals surface area contributed by atoms with Crippen LogP contribution in [0.2, 0.25) is 0 Å². The van der Waals surface area contributed by atoms with Crippen molar-refractivity contribution in [3.63, 3.8) is 0 Å². The molecule has 4 nitrogen and oxygen atoms in total. The third-order valence-corrected chi connectivity index (χ3v) is 5.29. The molecule has 0 aromatic heterocycles. The summed E-state index contributed by atoms with van der Waals surface area (Å²) in [5.74, 6) is -2.16. The largest absolute Gasteiger partial charge is 0.481 e. The fourth-order valence-electron chi connectivity index (χ4n) is 3.63. The quantitative estimate of drug-likeness (QED) is 0.236. The van der Waals surface area contributed by atoms with Crippen LogP contribution < -0.4 is 0 Å². The monoisotopic (exact) mass is 366 g/mol. The van der Waals surface area contributed by atoms with Gasteiger partial charge in [-0.15, -0.1) is 0 Å². The summed E-state index contributed by atoms with van der Waals surface area (Å²) in [6, 6.07) is 0. The van der Waals surface area contributed by atoms with Crippen LogP contribution >= 0.6 is 0 Å². The van der Waals surface area contributed by atoms with Crippen molar-refractivity contribution in [3.8, 4) is 0 Å². The third kappa shape index (κ3) is 9.98. The van der Waals surface area contributed by atoms with Gasteiger partial charge in [-0.25, -0.2) is 0 Å². The third-order valence-electron chi connectivity index (χ3n) is 5.29. The lowest BCUT2D eigenvalue weighted by Gasteiger charge is -2.26. The summed E-state index contributed by atoms with van der Waals surface area (Å²) in [4.78, 5) is 23.4. The first kappa shape index (κ1) is 22.7. The maximum absolute atomic E-state index is 12.1. The Bertz CT molecular complexity index is 416. The first-order valence-corrected chi connectivity index (χ1v) is 10.7. The minimum absolute atomic E-state index is 0.305. The van der Waals surface area contributed by atoms with E-state index < -0.39 is 17.8 Å². The van der Waals surface area contributed by atoms with Crippen LogP contribution in [0, 0.1) is 11.8 Å². The Labute approximate surface area is 159 Å². The zero-order chi connectivity index (χ0) is 19.0. The van der Waals surface area contributed by atoms with Gasteiger partial charge in [-0.05, 0) is 51.4 Å². The van der Waals surface area contributed by atoms with Gasteiger partial charge in [-0.2, -0.15) is 0 Å². The number of hydrogen-bond acceptors (Lipinski definition) is 3. The molecule has 0 spiro atoms. The van der Waals surface area contributed by atoms with E-state index in [1.165, 1.54) is 38.5 Å². The molecule has 1 N–H and O–H groups in total. The SMILES string of the molecule is CCCCCCC/C=C/CCCCCOC(=O)C1CCCCC1C(=O)O. The predicted molar refractivity (Wildman–Crippen MR) is 105 cm³/mol. The van der Waals surface area contributed by atoms with E-state index in [1.807, 2.05) is 0 Å². The number of carbonyl (C=O) groups excluding carboxylic acids is 1. The highest BCUT2D eigenvalue weighted by Gasteiger charge is 2.36. The molecule has 0 bridgehead atoms. The van der Waals surface area contributed by atoms with E-state index in [-0.39, 0.29) is 5.97 Å². The highest BCUT2D eigenvalue weighted by molar-refractivity contribution is 5.81. The lowest BCUT2D eigenvalue weighted by molar-refractivity contribution is -0.159. The number of aliphatic carboxylic acids is 1. The van der Waals surface area contributed by atoms with E-state index in [2.05, 4.69) is 19.1 Å². The Morgan fingerprint density at radius 2 is 1.46 bits per heavy atom. The Hall–Kier alpha value is -1.32. The van der Waals surface area contributed by atoms with Gasteiger partial charge in [0.25, 0.3) is 0 Å². The molecule has 26 heavy (non-hydrogen) atoms. The first-order valence-electron chi connectivity index (χ1n) is 10.7. The second-order valence-electron chi connectivity index (χ2n) is 7.53. The molecule has 0 amide bonds. The molecule has 1 aliphatic rings. The number of unbranched alkanes of at least 4 members (excludes halogenated alkanes) is 8. The van der Waals surface area contributed by atoms with E-state index in [4.69, 9.17) is 4.74 Å². The van der Waals surface area contributed by atoms with E-state index >= 15 is 0 Å². The molecule has 0 aromatic rings. The normalized spacial score (nSPS) is 20.3. The number of carboxylic acids is 1. The number of allylic oxidation sites excluding steroid dienone is 2. The van der Waals surface area contributed by atoms with Gasteiger partial charge in [-0.3, -0.25) is 9.59 Å². The van der Waals surface area contributed by atoms with Gasteiger partial charge in [0.1, 0.15) is 0 Å². The maximum atomic E-state index is 12.1. The van der Waals surface area contributed by atoms with Crippen molar-refractivity contribution in [1.82, 2.24) is 0 Å². The van der Waals surface area contributed by atoms with E-state index in [0.717, 1.165) is 38.5 Å². The number of hydrogen-bond donors (Lipinski definition) is 1. The molecule has 1 saturated carbocycles. The van der Waals surface area contributed by atoms with Gasteiger partial charge in [0.05, 0.1) is 18.4 Å². The molecule has 0 radical (unpaired) electrons. The molecule has 0 aromatic carbocycles. The average molecular weight is 367 g/mol. The Balaban J connectivity index is 1.99. The molecule has 1 aliphatic carbocycles. The highest BCUT2D eigenvalue weighted by atomic mass is 16.5. The van der Waals surface area contributed by atoms with Crippen LogP contribution in [-0.4, -0.2) is 23.7 Å². The standard InChI is InChI=1S/C22H38O4/c1-2-3-4-5-6-7-8-9-10-11-12-15-18-26-22(25)20-17-14-13-16-19(20)21(23)24/h8-9,19-20H,2-7,10-18H2,1H3,(H,23,24)/b9-8+. The van der Waals surface area contributed by atoms with Crippen LogP contribution in [0.4, 0.5) is 0 Å². The molecule has 2 atom stereocenters. The van der Waals surface area contributed by atoms with Gasteiger partial charge in [0.2, 0.25) is 0 Å². The zero-order valence-electron chi connectivity index (χ0n) is 16.6. The van der Waals surface area contributed by atoms with Crippen molar-refractivity contribution in [3.05, 3.63) is 12.2 Å². The smallest absolute Gasteiger partial charge is 0.309 e. The van der Waals surface area contributed by atoms with Gasteiger partial charge in [-0.1, -0.05) is 57.6 Å². The fourth-order valence-corrected chi connectivity index (χ4v) is 3.63. The Morgan fingerprint density at radius 3 is 2.08 bits per heavy atom. The van der Waals surface area contributed by atoms with Crippen molar-refractivity contribution < 1.29 is 19.4 Å². The minimum Gasteiger partial charge on any atom is -0.481 e. The van der Waals surface area contributed by atoms with Crippen molar-refractivity contribution in [2.75, 3.05) is 6.61 Å². The van der Waals surface area contributed by atoms with Crippen LogP contribution in [0.1, 0.15) is 96.8 Å². The second kappa shape index (κ2) is 14.8. The lowest BCUT2D eigenvalue weighted by atomic mass is 9.79. The van der Waals surface area contributed by atoms with Crippen LogP contribution in [0.15, 0.2) is 12.2 Å². The van der Waals surface area contributed by atoms with E-state index in [1.54, 1.807) is 0 Å². The predicted octanol–water partition coefficient (Wildman–Crippen LogP) is 5.90. The highest BCUT2D eigenvalue weighted by Crippen LogP contribution is 2.31. The van der Waals surface area contributed by atoms with Crippen molar-refractivity contribution in [2.45, 2.75) is 96.8 Å². The van der Waals surface area contributed by atoms with Crippen LogP contribution in [-0.2, 0) is 14.3 Å². The molecule has 2 unspecified atom stereocenters. The van der Waals surface area contributed by atoms with Gasteiger partial charge >= 0.3 is 11.9 Å². The molecule has 1 rings (SSSR count). The van der Waals surface area contributed by atoms with Gasteiger partial charge in [0.15, 0.2) is 0 Å². The topological polar surface area (TPSA) is 63.6 Å². The summed E-state index contributed by atoms with van der Waals surface area (Å²) in [6.07, 6.45) is 19.6. The number of ether oxygens (including phenoxy) is 1. The molecule has 1 fully saturated rings. The first-order chi connectivity index (χ1) is 12.7. The van der Waals surface area contributed by atoms with Gasteiger partial charge in [0, 0.05) is 0 Å². The Kier molecular flexibility index (Phi) is 12.9. The van der Waals surface area contributed by atoms with Crippen molar-refractivity contribution in [2.24, 2.45) is 11.8 Å². The molecular formula is C22H38O4. The number of esters is 1. The molecule has 0 saturated heterocycles. The summed E-state index contributed by atoms with van der Waals surface area (Å²) in [5, 5.41) is 9.23. The van der Waals surface area contributed by atoms with Crippen LogP contribution in [0.3, 0.4) is 0 Å². The zero-order valence-corrected chi connectivity index (χ0v) is 16.6. The fraction of sp³-hybridized carbons (Fsp3) is 0.818. The Morgan fingerprint density at radius 1 is 0.885 bits per heavy atom. The summed E-state index contributed by atoms with van der Waals surface area (Å²) in [6.45, 7) is 2.66. The van der Waals surface area contributed by atoms with Crippen LogP contribution in [0.5, 0.6) is 0 Å². The van der Waals surface area contributed by atoms with Gasteiger partial charge < -0.3 is 9.84 Å².